The van der Waals surface area contributed by atoms with Crippen LogP contribution in [0, 0.1) is 18.6 Å². The Morgan fingerprint density at radius 1 is 1.33 bits per heavy atom. The summed E-state index contributed by atoms with van der Waals surface area (Å²) in [7, 11) is 0. The van der Waals surface area contributed by atoms with E-state index in [1.165, 1.54) is 12.1 Å². The Kier molecular flexibility index (Phi) is 3.71. The molecular formula is C15H18F2N4. The number of fused-ring (bicyclic) bond motifs is 1. The van der Waals surface area contributed by atoms with Crippen molar-refractivity contribution in [3.63, 3.8) is 0 Å². The largest absolute Gasteiger partial charge is 0.308 e. The van der Waals surface area contributed by atoms with Gasteiger partial charge in [-0.05, 0) is 25.0 Å². The standard InChI is InChI=1S/C15H18F2N4/c1-3-4-11-14-19-20-15(21(14)8-7-18-11)12-10(16)6-5-9(2)13(12)17/h5-6,11,18H,3-4,7-8H2,1-2H3. The third-order valence-electron chi connectivity index (χ3n) is 3.90. The molecular weight excluding hydrogens is 274 g/mol. The van der Waals surface area contributed by atoms with Gasteiger partial charge in [0.1, 0.15) is 11.6 Å². The molecule has 3 rings (SSSR count). The van der Waals surface area contributed by atoms with Crippen molar-refractivity contribution in [3.05, 3.63) is 35.2 Å². The number of rotatable bonds is 3. The van der Waals surface area contributed by atoms with E-state index in [-0.39, 0.29) is 17.4 Å². The number of hydrogen-bond donors (Lipinski definition) is 1. The van der Waals surface area contributed by atoms with Gasteiger partial charge >= 0.3 is 0 Å². The lowest BCUT2D eigenvalue weighted by atomic mass is 10.1. The molecule has 1 aromatic carbocycles. The zero-order valence-electron chi connectivity index (χ0n) is 12.2. The zero-order valence-corrected chi connectivity index (χ0v) is 12.2. The van der Waals surface area contributed by atoms with Crippen LogP contribution in [0.1, 0.15) is 37.2 Å². The molecule has 2 heterocycles. The smallest absolute Gasteiger partial charge is 0.170 e. The fraction of sp³-hybridized carbons (Fsp3) is 0.467. The van der Waals surface area contributed by atoms with Crippen molar-refractivity contribution in [2.24, 2.45) is 0 Å². The van der Waals surface area contributed by atoms with Gasteiger partial charge in [-0.25, -0.2) is 8.78 Å². The SMILES string of the molecule is CCCC1NCCn2c(-c3c(F)ccc(C)c3F)nnc21. The maximum atomic E-state index is 14.3. The molecule has 0 fully saturated rings. The molecule has 0 saturated heterocycles. The average Bonchev–Trinajstić information content (AvgIpc) is 2.89. The van der Waals surface area contributed by atoms with E-state index in [2.05, 4.69) is 22.4 Å². The molecule has 0 saturated carbocycles. The summed E-state index contributed by atoms with van der Waals surface area (Å²) in [6.07, 6.45) is 1.93. The van der Waals surface area contributed by atoms with Gasteiger partial charge < -0.3 is 9.88 Å². The van der Waals surface area contributed by atoms with Crippen LogP contribution >= 0.6 is 0 Å². The van der Waals surface area contributed by atoms with Gasteiger partial charge in [0.15, 0.2) is 11.6 Å². The van der Waals surface area contributed by atoms with Gasteiger partial charge in [-0.3, -0.25) is 0 Å². The normalized spacial score (nSPS) is 17.8. The lowest BCUT2D eigenvalue weighted by Gasteiger charge is -2.24. The highest BCUT2D eigenvalue weighted by Gasteiger charge is 2.27. The van der Waals surface area contributed by atoms with E-state index in [0.717, 1.165) is 25.2 Å². The molecule has 112 valence electrons. The van der Waals surface area contributed by atoms with Crippen LogP contribution in [0.4, 0.5) is 8.78 Å². The van der Waals surface area contributed by atoms with E-state index in [0.29, 0.717) is 12.1 Å². The van der Waals surface area contributed by atoms with Crippen molar-refractivity contribution in [1.82, 2.24) is 20.1 Å². The molecule has 2 aromatic rings. The number of aromatic nitrogens is 3. The van der Waals surface area contributed by atoms with Gasteiger partial charge in [-0.2, -0.15) is 0 Å². The number of hydrogen-bond acceptors (Lipinski definition) is 3. The molecule has 0 radical (unpaired) electrons. The van der Waals surface area contributed by atoms with Crippen LogP contribution in [0.25, 0.3) is 11.4 Å². The first-order valence-corrected chi connectivity index (χ1v) is 7.25. The van der Waals surface area contributed by atoms with E-state index in [4.69, 9.17) is 0 Å². The van der Waals surface area contributed by atoms with Gasteiger partial charge in [0.2, 0.25) is 0 Å². The minimum Gasteiger partial charge on any atom is -0.308 e. The number of nitrogens with one attached hydrogen (secondary N) is 1. The van der Waals surface area contributed by atoms with Crippen LogP contribution in [0.2, 0.25) is 0 Å². The van der Waals surface area contributed by atoms with Crippen molar-refractivity contribution >= 4 is 0 Å². The maximum absolute atomic E-state index is 14.3. The van der Waals surface area contributed by atoms with Crippen molar-refractivity contribution in [2.75, 3.05) is 6.54 Å². The van der Waals surface area contributed by atoms with Crippen molar-refractivity contribution < 1.29 is 8.78 Å². The first-order chi connectivity index (χ1) is 10.1. The highest BCUT2D eigenvalue weighted by molar-refractivity contribution is 5.59. The highest BCUT2D eigenvalue weighted by atomic mass is 19.1. The Balaban J connectivity index is 2.12. The van der Waals surface area contributed by atoms with E-state index >= 15 is 0 Å². The third kappa shape index (κ3) is 2.33. The zero-order chi connectivity index (χ0) is 15.0. The summed E-state index contributed by atoms with van der Waals surface area (Å²) in [5, 5.41) is 11.6. The minimum absolute atomic E-state index is 0.0779. The summed E-state index contributed by atoms with van der Waals surface area (Å²) >= 11 is 0. The van der Waals surface area contributed by atoms with Crippen LogP contribution in [-0.2, 0) is 6.54 Å². The van der Waals surface area contributed by atoms with Gasteiger partial charge in [0.25, 0.3) is 0 Å². The highest BCUT2D eigenvalue weighted by Crippen LogP contribution is 2.30. The molecule has 0 bridgehead atoms. The predicted molar refractivity (Wildman–Crippen MR) is 75.8 cm³/mol. The Morgan fingerprint density at radius 3 is 2.90 bits per heavy atom. The Hall–Kier alpha value is -1.82. The second kappa shape index (κ2) is 5.52. The first-order valence-electron chi connectivity index (χ1n) is 7.25. The Bertz CT molecular complexity index is 666. The van der Waals surface area contributed by atoms with Crippen molar-refractivity contribution in [3.8, 4) is 11.4 Å². The van der Waals surface area contributed by atoms with Crippen LogP contribution in [0.5, 0.6) is 0 Å². The van der Waals surface area contributed by atoms with Gasteiger partial charge in [-0.1, -0.05) is 19.4 Å². The average molecular weight is 292 g/mol. The van der Waals surface area contributed by atoms with Crippen LogP contribution in [0.15, 0.2) is 12.1 Å². The van der Waals surface area contributed by atoms with E-state index in [9.17, 15) is 8.78 Å². The molecule has 0 aliphatic carbocycles. The van der Waals surface area contributed by atoms with Crippen LogP contribution < -0.4 is 5.32 Å². The predicted octanol–water partition coefficient (Wildman–Crippen LogP) is 2.98. The molecule has 1 aliphatic rings. The molecule has 1 unspecified atom stereocenters. The second-order valence-corrected chi connectivity index (χ2v) is 5.38. The van der Waals surface area contributed by atoms with Crippen LogP contribution in [-0.4, -0.2) is 21.3 Å². The monoisotopic (exact) mass is 292 g/mol. The molecule has 4 nitrogen and oxygen atoms in total. The number of nitrogens with zero attached hydrogens (tertiary/aromatic N) is 3. The molecule has 1 aliphatic heterocycles. The maximum Gasteiger partial charge on any atom is 0.170 e. The molecule has 0 amide bonds. The first kappa shape index (κ1) is 14.1. The van der Waals surface area contributed by atoms with Crippen molar-refractivity contribution in [1.29, 1.82) is 0 Å². The van der Waals surface area contributed by atoms with Gasteiger partial charge in [-0.15, -0.1) is 10.2 Å². The topological polar surface area (TPSA) is 42.7 Å². The summed E-state index contributed by atoms with van der Waals surface area (Å²) in [6.45, 7) is 5.08. The number of aryl methyl sites for hydroxylation is 1. The Labute approximate surface area is 122 Å². The minimum atomic E-state index is -0.598. The van der Waals surface area contributed by atoms with E-state index in [1.807, 2.05) is 4.57 Å². The van der Waals surface area contributed by atoms with Crippen LogP contribution in [0.3, 0.4) is 0 Å². The lowest BCUT2D eigenvalue weighted by molar-refractivity contribution is 0.394. The molecule has 1 atom stereocenters. The molecule has 0 spiro atoms. The fourth-order valence-corrected chi connectivity index (χ4v) is 2.80. The number of benzene rings is 1. The van der Waals surface area contributed by atoms with Crippen molar-refractivity contribution in [2.45, 2.75) is 39.3 Å². The van der Waals surface area contributed by atoms with Gasteiger partial charge in [0, 0.05) is 13.1 Å². The van der Waals surface area contributed by atoms with E-state index in [1.54, 1.807) is 6.92 Å². The summed E-state index contributed by atoms with van der Waals surface area (Å²) < 4.78 is 30.2. The fourth-order valence-electron chi connectivity index (χ4n) is 2.80. The summed E-state index contributed by atoms with van der Waals surface area (Å²) in [5.41, 5.74) is 0.327. The lowest BCUT2D eigenvalue weighted by Crippen LogP contribution is -2.34. The third-order valence-corrected chi connectivity index (χ3v) is 3.90. The van der Waals surface area contributed by atoms with Gasteiger partial charge in [0.05, 0.1) is 11.6 Å². The second-order valence-electron chi connectivity index (χ2n) is 5.38. The molecule has 21 heavy (non-hydrogen) atoms. The summed E-state index contributed by atoms with van der Waals surface area (Å²) in [4.78, 5) is 0. The summed E-state index contributed by atoms with van der Waals surface area (Å²) in [5.74, 6) is -0.112. The molecule has 6 heteroatoms. The molecule has 1 aromatic heterocycles. The van der Waals surface area contributed by atoms with E-state index < -0.39 is 11.6 Å². The quantitative estimate of drug-likeness (QED) is 0.945. The molecule has 1 N–H and O–H groups in total. The number of halogens is 2. The Morgan fingerprint density at radius 2 is 2.14 bits per heavy atom. The summed E-state index contributed by atoms with van der Waals surface area (Å²) in [6, 6.07) is 2.81.